The molecule has 1 aromatic heterocycles. The molecule has 0 radical (unpaired) electrons. The smallest absolute Gasteiger partial charge is 0.328 e. The van der Waals surface area contributed by atoms with Crippen LogP contribution in [0.4, 0.5) is 5.82 Å². The molecule has 1 aromatic rings. The van der Waals surface area contributed by atoms with Gasteiger partial charge in [-0.1, -0.05) is 13.3 Å². The Kier molecular flexibility index (Phi) is 4.15. The zero-order valence-corrected chi connectivity index (χ0v) is 9.14. The van der Waals surface area contributed by atoms with Gasteiger partial charge in [0.25, 0.3) is 0 Å². The molecular formula is C10H17N3O2. The monoisotopic (exact) mass is 211 g/mol. The van der Waals surface area contributed by atoms with Crippen LogP contribution in [-0.2, 0) is 16.1 Å². The van der Waals surface area contributed by atoms with E-state index in [1.807, 2.05) is 6.92 Å². The van der Waals surface area contributed by atoms with E-state index in [-0.39, 0.29) is 18.6 Å². The Morgan fingerprint density at radius 1 is 1.73 bits per heavy atom. The maximum Gasteiger partial charge on any atom is 0.328 e. The lowest BCUT2D eigenvalue weighted by molar-refractivity contribution is -0.149. The Hall–Kier alpha value is -1.52. The molecule has 1 rings (SSSR count). The van der Waals surface area contributed by atoms with Crippen molar-refractivity contribution in [2.75, 3.05) is 5.73 Å². The van der Waals surface area contributed by atoms with Crippen molar-refractivity contribution >= 4 is 11.8 Å². The Morgan fingerprint density at radius 2 is 2.47 bits per heavy atom. The summed E-state index contributed by atoms with van der Waals surface area (Å²) in [5.74, 6) is 0.128. The van der Waals surface area contributed by atoms with Crippen molar-refractivity contribution in [3.8, 4) is 0 Å². The predicted octanol–water partition coefficient (Wildman–Crippen LogP) is 1.20. The van der Waals surface area contributed by atoms with Gasteiger partial charge in [-0.3, -0.25) is 9.48 Å². The van der Waals surface area contributed by atoms with Gasteiger partial charge in [-0.05, 0) is 19.4 Å². The molecule has 1 atom stereocenters. The van der Waals surface area contributed by atoms with Gasteiger partial charge in [0.2, 0.25) is 0 Å². The lowest BCUT2D eigenvalue weighted by Crippen LogP contribution is -2.19. The van der Waals surface area contributed by atoms with Crippen LogP contribution in [0.2, 0.25) is 0 Å². The Balaban J connectivity index is 2.36. The third-order valence-electron chi connectivity index (χ3n) is 1.98. The quantitative estimate of drug-likeness (QED) is 0.743. The van der Waals surface area contributed by atoms with Crippen LogP contribution in [0.25, 0.3) is 0 Å². The van der Waals surface area contributed by atoms with Crippen LogP contribution in [0.15, 0.2) is 12.3 Å². The van der Waals surface area contributed by atoms with E-state index in [2.05, 4.69) is 12.0 Å². The summed E-state index contributed by atoms with van der Waals surface area (Å²) in [5, 5.41) is 3.90. The minimum atomic E-state index is -0.279. The van der Waals surface area contributed by atoms with Gasteiger partial charge in [-0.2, -0.15) is 5.10 Å². The van der Waals surface area contributed by atoms with Gasteiger partial charge in [0.1, 0.15) is 12.4 Å². The lowest BCUT2D eigenvalue weighted by atomic mass is 10.2. The Morgan fingerprint density at radius 3 is 3.00 bits per heavy atom. The molecule has 0 aliphatic carbocycles. The van der Waals surface area contributed by atoms with Crippen molar-refractivity contribution < 1.29 is 9.53 Å². The van der Waals surface area contributed by atoms with E-state index in [1.165, 1.54) is 4.68 Å². The van der Waals surface area contributed by atoms with Crippen LogP contribution in [0, 0.1) is 0 Å². The van der Waals surface area contributed by atoms with E-state index < -0.39 is 0 Å². The summed E-state index contributed by atoms with van der Waals surface area (Å²) < 4.78 is 6.63. The molecule has 5 nitrogen and oxygen atoms in total. The SMILES string of the molecule is CCCC(C)OC(=O)Cn1ccc(N)n1. The normalized spacial score (nSPS) is 12.4. The van der Waals surface area contributed by atoms with Gasteiger partial charge in [-0.15, -0.1) is 0 Å². The maximum absolute atomic E-state index is 11.4. The average Bonchev–Trinajstić information content (AvgIpc) is 2.51. The molecule has 0 amide bonds. The number of nitrogens with zero attached hydrogens (tertiary/aromatic N) is 2. The molecule has 0 spiro atoms. The molecular weight excluding hydrogens is 194 g/mol. The highest BCUT2D eigenvalue weighted by atomic mass is 16.5. The highest BCUT2D eigenvalue weighted by Crippen LogP contribution is 2.02. The fourth-order valence-corrected chi connectivity index (χ4v) is 1.32. The Labute approximate surface area is 89.2 Å². The number of nitrogens with two attached hydrogens (primary N) is 1. The first kappa shape index (κ1) is 11.6. The van der Waals surface area contributed by atoms with Gasteiger partial charge in [0.05, 0.1) is 6.10 Å². The summed E-state index contributed by atoms with van der Waals surface area (Å²) in [6, 6.07) is 1.64. The predicted molar refractivity (Wildman–Crippen MR) is 57.1 cm³/mol. The maximum atomic E-state index is 11.4. The molecule has 5 heteroatoms. The molecule has 0 bridgehead atoms. The summed E-state index contributed by atoms with van der Waals surface area (Å²) >= 11 is 0. The van der Waals surface area contributed by atoms with Crippen LogP contribution in [0.1, 0.15) is 26.7 Å². The topological polar surface area (TPSA) is 70.1 Å². The molecule has 2 N–H and O–H groups in total. The molecule has 0 saturated carbocycles. The van der Waals surface area contributed by atoms with Crippen molar-refractivity contribution in [2.45, 2.75) is 39.3 Å². The minimum absolute atomic E-state index is 0.0320. The fraction of sp³-hybridized carbons (Fsp3) is 0.600. The van der Waals surface area contributed by atoms with Gasteiger partial charge >= 0.3 is 5.97 Å². The minimum Gasteiger partial charge on any atom is -0.461 e. The van der Waals surface area contributed by atoms with Crippen molar-refractivity contribution in [2.24, 2.45) is 0 Å². The largest absolute Gasteiger partial charge is 0.461 e. The van der Waals surface area contributed by atoms with Gasteiger partial charge in [0, 0.05) is 6.20 Å². The van der Waals surface area contributed by atoms with Gasteiger partial charge < -0.3 is 10.5 Å². The number of nitrogen functional groups attached to an aromatic ring is 1. The summed E-state index contributed by atoms with van der Waals surface area (Å²) in [6.45, 7) is 4.06. The number of esters is 1. The van der Waals surface area contributed by atoms with E-state index in [1.54, 1.807) is 12.3 Å². The second-order valence-corrected chi connectivity index (χ2v) is 3.53. The first-order valence-corrected chi connectivity index (χ1v) is 5.10. The van der Waals surface area contributed by atoms with Crippen molar-refractivity contribution in [3.63, 3.8) is 0 Å². The molecule has 1 heterocycles. The second kappa shape index (κ2) is 5.38. The molecule has 1 unspecified atom stereocenters. The summed E-state index contributed by atoms with van der Waals surface area (Å²) in [5.41, 5.74) is 5.42. The molecule has 15 heavy (non-hydrogen) atoms. The van der Waals surface area contributed by atoms with E-state index in [4.69, 9.17) is 10.5 Å². The number of anilines is 1. The number of hydrogen-bond donors (Lipinski definition) is 1. The first-order valence-electron chi connectivity index (χ1n) is 5.10. The summed E-state index contributed by atoms with van der Waals surface area (Å²) in [7, 11) is 0. The first-order chi connectivity index (χ1) is 7.11. The fourth-order valence-electron chi connectivity index (χ4n) is 1.32. The number of ether oxygens (including phenoxy) is 1. The molecule has 0 aliphatic rings. The van der Waals surface area contributed by atoms with Gasteiger partial charge in [-0.25, -0.2) is 0 Å². The van der Waals surface area contributed by atoms with Crippen LogP contribution in [-0.4, -0.2) is 21.9 Å². The number of carbonyl (C=O) groups excluding carboxylic acids is 1. The summed E-state index contributed by atoms with van der Waals surface area (Å²) in [4.78, 5) is 11.4. The van der Waals surface area contributed by atoms with Crippen LogP contribution >= 0.6 is 0 Å². The van der Waals surface area contributed by atoms with Crippen LogP contribution in [0.5, 0.6) is 0 Å². The molecule has 0 saturated heterocycles. The van der Waals surface area contributed by atoms with E-state index >= 15 is 0 Å². The van der Waals surface area contributed by atoms with E-state index in [0.29, 0.717) is 5.82 Å². The molecule has 0 aliphatic heterocycles. The number of hydrogen-bond acceptors (Lipinski definition) is 4. The highest BCUT2D eigenvalue weighted by Gasteiger charge is 2.09. The zero-order chi connectivity index (χ0) is 11.3. The lowest BCUT2D eigenvalue weighted by Gasteiger charge is -2.11. The van der Waals surface area contributed by atoms with E-state index in [0.717, 1.165) is 12.8 Å². The number of aromatic nitrogens is 2. The Bertz CT molecular complexity index is 322. The van der Waals surface area contributed by atoms with Crippen LogP contribution in [0.3, 0.4) is 0 Å². The summed E-state index contributed by atoms with van der Waals surface area (Å²) in [6.07, 6.45) is 3.51. The zero-order valence-electron chi connectivity index (χ0n) is 9.14. The average molecular weight is 211 g/mol. The molecule has 84 valence electrons. The highest BCUT2D eigenvalue weighted by molar-refractivity contribution is 5.69. The molecule has 0 aromatic carbocycles. The van der Waals surface area contributed by atoms with Crippen molar-refractivity contribution in [1.29, 1.82) is 0 Å². The van der Waals surface area contributed by atoms with Crippen molar-refractivity contribution in [1.82, 2.24) is 9.78 Å². The van der Waals surface area contributed by atoms with Crippen LogP contribution < -0.4 is 5.73 Å². The number of carbonyl (C=O) groups is 1. The van der Waals surface area contributed by atoms with E-state index in [9.17, 15) is 4.79 Å². The standard InChI is InChI=1S/C10H17N3O2/c1-3-4-8(2)15-10(14)7-13-6-5-9(11)12-13/h5-6,8H,3-4,7H2,1-2H3,(H2,11,12). The molecule has 0 fully saturated rings. The third-order valence-corrected chi connectivity index (χ3v) is 1.98. The second-order valence-electron chi connectivity index (χ2n) is 3.53. The third kappa shape index (κ3) is 4.01. The van der Waals surface area contributed by atoms with Crippen molar-refractivity contribution in [3.05, 3.63) is 12.3 Å². The van der Waals surface area contributed by atoms with Gasteiger partial charge in [0.15, 0.2) is 0 Å². The number of rotatable bonds is 5.